The number of thioether (sulfide) groups is 1. The largest absolute Gasteiger partial charge is 0.374 e. The number of amides is 1. The molecule has 25 heavy (non-hydrogen) atoms. The Kier molecular flexibility index (Phi) is 6.55. The van der Waals surface area contributed by atoms with E-state index in [0.717, 1.165) is 10.5 Å². The van der Waals surface area contributed by atoms with Gasteiger partial charge in [-0.2, -0.15) is 0 Å². The second-order valence-electron chi connectivity index (χ2n) is 5.65. The summed E-state index contributed by atoms with van der Waals surface area (Å²) in [6.07, 6.45) is 1.95. The Labute approximate surface area is 150 Å². The molecule has 0 spiro atoms. The highest BCUT2D eigenvalue weighted by Crippen LogP contribution is 2.26. The van der Waals surface area contributed by atoms with Gasteiger partial charge in [-0.25, -0.2) is 0 Å². The van der Waals surface area contributed by atoms with Gasteiger partial charge in [0.1, 0.15) is 5.56 Å². The molecule has 0 aromatic heterocycles. The van der Waals surface area contributed by atoms with Gasteiger partial charge in [0.05, 0.1) is 17.6 Å². The lowest BCUT2D eigenvalue weighted by atomic mass is 10.1. The molecule has 6 nitrogen and oxygen atoms in total. The van der Waals surface area contributed by atoms with Crippen molar-refractivity contribution in [1.29, 1.82) is 0 Å². The minimum Gasteiger partial charge on any atom is -0.374 e. The first-order valence-electron chi connectivity index (χ1n) is 7.75. The Morgan fingerprint density at radius 1 is 1.28 bits per heavy atom. The fourth-order valence-electron chi connectivity index (χ4n) is 2.18. The summed E-state index contributed by atoms with van der Waals surface area (Å²) in [5.74, 6) is -0.510. The van der Waals surface area contributed by atoms with Crippen LogP contribution < -0.4 is 5.32 Å². The fourth-order valence-corrected chi connectivity index (χ4v) is 2.62. The maximum atomic E-state index is 12.5. The van der Waals surface area contributed by atoms with Crippen LogP contribution in [0.2, 0.25) is 0 Å². The van der Waals surface area contributed by atoms with Gasteiger partial charge in [-0.3, -0.25) is 14.9 Å². The van der Waals surface area contributed by atoms with Gasteiger partial charge in [-0.1, -0.05) is 12.1 Å². The number of nitro groups is 1. The topological polar surface area (TPSA) is 81.5 Å². The highest BCUT2D eigenvalue weighted by molar-refractivity contribution is 7.98. The van der Waals surface area contributed by atoms with Crippen molar-refractivity contribution in [2.45, 2.75) is 31.5 Å². The van der Waals surface area contributed by atoms with Crippen LogP contribution in [0, 0.1) is 10.1 Å². The molecule has 0 radical (unpaired) electrons. The average molecular weight is 360 g/mol. The average Bonchev–Trinajstić information content (AvgIpc) is 2.59. The Bertz CT molecular complexity index is 777. The predicted molar refractivity (Wildman–Crippen MR) is 99.2 cm³/mol. The zero-order valence-corrected chi connectivity index (χ0v) is 15.1. The summed E-state index contributed by atoms with van der Waals surface area (Å²) in [7, 11) is 0. The Morgan fingerprint density at radius 2 is 2.04 bits per heavy atom. The molecule has 0 aliphatic heterocycles. The minimum absolute atomic E-state index is 0.0423. The molecule has 7 heteroatoms. The van der Waals surface area contributed by atoms with Crippen LogP contribution in [0.15, 0.2) is 47.4 Å². The number of nitrogens with one attached hydrogen (secondary N) is 1. The van der Waals surface area contributed by atoms with Gasteiger partial charge in [0, 0.05) is 16.6 Å². The first-order chi connectivity index (χ1) is 11.9. The van der Waals surface area contributed by atoms with Gasteiger partial charge in [0.25, 0.3) is 11.6 Å². The van der Waals surface area contributed by atoms with E-state index in [9.17, 15) is 14.9 Å². The number of carbonyl (C=O) groups is 1. The van der Waals surface area contributed by atoms with Crippen molar-refractivity contribution in [2.24, 2.45) is 0 Å². The van der Waals surface area contributed by atoms with E-state index < -0.39 is 10.8 Å². The van der Waals surface area contributed by atoms with E-state index in [1.54, 1.807) is 24.3 Å². The number of carbonyl (C=O) groups excluding carboxylic acids is 1. The molecular weight excluding hydrogens is 340 g/mol. The lowest BCUT2D eigenvalue weighted by Gasteiger charge is -2.10. The van der Waals surface area contributed by atoms with Crippen LogP contribution in [0.1, 0.15) is 29.8 Å². The summed E-state index contributed by atoms with van der Waals surface area (Å²) in [4.78, 5) is 23.9. The first kappa shape index (κ1) is 19.0. The van der Waals surface area contributed by atoms with Crippen molar-refractivity contribution < 1.29 is 14.5 Å². The fraction of sp³-hybridized carbons (Fsp3) is 0.278. The monoisotopic (exact) mass is 360 g/mol. The van der Waals surface area contributed by atoms with E-state index in [0.29, 0.717) is 12.3 Å². The summed E-state index contributed by atoms with van der Waals surface area (Å²) in [6.45, 7) is 4.33. The van der Waals surface area contributed by atoms with Gasteiger partial charge in [-0.15, -0.1) is 11.8 Å². The number of ether oxygens (including phenoxy) is 1. The lowest BCUT2D eigenvalue weighted by molar-refractivity contribution is -0.385. The number of anilines is 1. The van der Waals surface area contributed by atoms with E-state index in [2.05, 4.69) is 5.32 Å². The Hall–Kier alpha value is -2.38. The van der Waals surface area contributed by atoms with Crippen molar-refractivity contribution in [1.82, 2.24) is 0 Å². The molecule has 0 bridgehead atoms. The summed E-state index contributed by atoms with van der Waals surface area (Å²) >= 11 is 1.42. The van der Waals surface area contributed by atoms with E-state index in [1.165, 1.54) is 23.9 Å². The number of benzene rings is 2. The zero-order valence-electron chi connectivity index (χ0n) is 14.3. The number of nitrogens with zero attached hydrogens (tertiary/aromatic N) is 1. The van der Waals surface area contributed by atoms with Gasteiger partial charge in [-0.05, 0) is 49.9 Å². The minimum atomic E-state index is -0.550. The van der Waals surface area contributed by atoms with Crippen LogP contribution in [-0.2, 0) is 11.3 Å². The van der Waals surface area contributed by atoms with Gasteiger partial charge in [0.2, 0.25) is 0 Å². The maximum Gasteiger partial charge on any atom is 0.282 e. The Balaban J connectivity index is 2.22. The maximum absolute atomic E-state index is 12.5. The van der Waals surface area contributed by atoms with Gasteiger partial charge in [0.15, 0.2) is 0 Å². The molecule has 2 rings (SSSR count). The van der Waals surface area contributed by atoms with Crippen molar-refractivity contribution in [3.8, 4) is 0 Å². The first-order valence-corrected chi connectivity index (χ1v) is 8.97. The molecule has 1 amide bonds. The molecule has 0 unspecified atom stereocenters. The van der Waals surface area contributed by atoms with Crippen molar-refractivity contribution in [3.63, 3.8) is 0 Å². The third-order valence-corrected chi connectivity index (χ3v) is 4.14. The van der Waals surface area contributed by atoms with Crippen LogP contribution in [0.3, 0.4) is 0 Å². The molecule has 2 aromatic carbocycles. The highest BCUT2D eigenvalue weighted by atomic mass is 32.2. The molecule has 0 aliphatic rings. The SMILES string of the molecule is CSc1ccc([N+](=O)[O-])c(C(=O)Nc2cccc(COC(C)C)c2)c1. The third kappa shape index (κ3) is 5.30. The van der Waals surface area contributed by atoms with E-state index in [-0.39, 0.29) is 17.4 Å². The van der Waals surface area contributed by atoms with Crippen molar-refractivity contribution >= 4 is 29.0 Å². The van der Waals surface area contributed by atoms with E-state index in [1.807, 2.05) is 26.2 Å². The number of hydrogen-bond acceptors (Lipinski definition) is 5. The number of nitro benzene ring substituents is 1. The normalized spacial score (nSPS) is 10.7. The summed E-state index contributed by atoms with van der Waals surface area (Å²) < 4.78 is 5.55. The molecule has 0 saturated carbocycles. The number of hydrogen-bond donors (Lipinski definition) is 1. The van der Waals surface area contributed by atoms with Crippen LogP contribution in [-0.4, -0.2) is 23.2 Å². The molecule has 2 aromatic rings. The molecule has 0 saturated heterocycles. The van der Waals surface area contributed by atoms with Crippen molar-refractivity contribution in [2.75, 3.05) is 11.6 Å². The smallest absolute Gasteiger partial charge is 0.282 e. The highest BCUT2D eigenvalue weighted by Gasteiger charge is 2.20. The van der Waals surface area contributed by atoms with Gasteiger partial charge < -0.3 is 10.1 Å². The predicted octanol–water partition coefficient (Wildman–Crippen LogP) is 4.49. The molecule has 0 fully saturated rings. The lowest BCUT2D eigenvalue weighted by Crippen LogP contribution is -2.14. The molecule has 132 valence electrons. The van der Waals surface area contributed by atoms with Gasteiger partial charge >= 0.3 is 0 Å². The van der Waals surface area contributed by atoms with Crippen LogP contribution in [0.25, 0.3) is 0 Å². The second-order valence-corrected chi connectivity index (χ2v) is 6.53. The van der Waals surface area contributed by atoms with Crippen LogP contribution in [0.5, 0.6) is 0 Å². The Morgan fingerprint density at radius 3 is 2.68 bits per heavy atom. The standard InChI is InChI=1S/C18H20N2O4S/c1-12(2)24-11-13-5-4-6-14(9-13)19-18(21)16-10-15(25-3)7-8-17(16)20(22)23/h4-10,12H,11H2,1-3H3,(H,19,21). The third-order valence-electron chi connectivity index (χ3n) is 3.41. The second kappa shape index (κ2) is 8.64. The van der Waals surface area contributed by atoms with Crippen molar-refractivity contribution in [3.05, 3.63) is 63.7 Å². The quantitative estimate of drug-likeness (QED) is 0.447. The van der Waals surface area contributed by atoms with E-state index in [4.69, 9.17) is 4.74 Å². The molecule has 0 aliphatic carbocycles. The molecular formula is C18H20N2O4S. The number of rotatable bonds is 7. The van der Waals surface area contributed by atoms with E-state index >= 15 is 0 Å². The summed E-state index contributed by atoms with van der Waals surface area (Å²) in [5.41, 5.74) is 1.31. The zero-order chi connectivity index (χ0) is 18.4. The molecule has 0 atom stereocenters. The molecule has 1 N–H and O–H groups in total. The van der Waals surface area contributed by atoms with Crippen LogP contribution >= 0.6 is 11.8 Å². The van der Waals surface area contributed by atoms with Crippen LogP contribution in [0.4, 0.5) is 11.4 Å². The summed E-state index contributed by atoms with van der Waals surface area (Å²) in [6, 6.07) is 11.8. The summed E-state index contributed by atoms with van der Waals surface area (Å²) in [5, 5.41) is 13.9. The molecule has 0 heterocycles.